The van der Waals surface area contributed by atoms with E-state index < -0.39 is 17.9 Å². The Morgan fingerprint density at radius 1 is 1.33 bits per heavy atom. The first-order valence-corrected chi connectivity index (χ1v) is 8.73. The van der Waals surface area contributed by atoms with Crippen molar-refractivity contribution in [2.24, 2.45) is 0 Å². The summed E-state index contributed by atoms with van der Waals surface area (Å²) in [6, 6.07) is 7.51. The third kappa shape index (κ3) is 3.49. The third-order valence-corrected chi connectivity index (χ3v) is 5.49. The van der Waals surface area contributed by atoms with E-state index in [4.69, 9.17) is 9.47 Å². The molecule has 0 aromatic heterocycles. The second-order valence-corrected chi connectivity index (χ2v) is 7.52. The molecule has 1 aromatic carbocycles. The fourth-order valence-corrected chi connectivity index (χ4v) is 3.91. The van der Waals surface area contributed by atoms with Crippen molar-refractivity contribution in [1.82, 2.24) is 4.90 Å². The molecule has 0 unspecified atom stereocenters. The number of ether oxygens (including phenoxy) is 2. The number of carbonyl (C=O) groups is 1. The Bertz CT molecular complexity index is 622. The van der Waals surface area contributed by atoms with Gasteiger partial charge in [0.1, 0.15) is 11.9 Å². The summed E-state index contributed by atoms with van der Waals surface area (Å²) >= 11 is 2.18. The van der Waals surface area contributed by atoms with E-state index >= 15 is 0 Å². The molecule has 1 aromatic rings. The normalized spacial score (nSPS) is 30.2. The fourth-order valence-electron chi connectivity index (χ4n) is 3.55. The van der Waals surface area contributed by atoms with Gasteiger partial charge in [-0.25, -0.2) is 4.79 Å². The first-order chi connectivity index (χ1) is 11.2. The molecule has 0 amide bonds. The van der Waals surface area contributed by atoms with E-state index in [9.17, 15) is 18.0 Å². The first kappa shape index (κ1) is 17.8. The maximum atomic E-state index is 12.6. The van der Waals surface area contributed by atoms with E-state index in [1.165, 1.54) is 0 Å². The SMILES string of the molecule is CN1[C@H]2CC[C@@]1(OC(=O)C(F)(F)F)C[C@H](Oc1ccc(I)cc1)C2. The highest BCUT2D eigenvalue weighted by Crippen LogP contribution is 2.45. The van der Waals surface area contributed by atoms with Gasteiger partial charge < -0.3 is 9.47 Å². The number of hydrogen-bond acceptors (Lipinski definition) is 4. The third-order valence-electron chi connectivity index (χ3n) is 4.77. The molecular formula is C16H17F3INO3. The second kappa shape index (κ2) is 6.36. The van der Waals surface area contributed by atoms with Gasteiger partial charge in [0.2, 0.25) is 0 Å². The van der Waals surface area contributed by atoms with Crippen molar-refractivity contribution in [3.63, 3.8) is 0 Å². The van der Waals surface area contributed by atoms with Crippen LogP contribution in [0.2, 0.25) is 0 Å². The standard InChI is InChI=1S/C16H17F3INO3/c1-21-11-6-7-15(21,24-14(22)16(17,18)19)9-13(8-11)23-12-4-2-10(20)3-5-12/h2-5,11,13H,6-9H2,1H3/t11-,13+,15+/m0/s1. The summed E-state index contributed by atoms with van der Waals surface area (Å²) in [5, 5.41) is 0. The summed E-state index contributed by atoms with van der Waals surface area (Å²) in [5.41, 5.74) is -1.23. The zero-order valence-corrected chi connectivity index (χ0v) is 15.1. The van der Waals surface area contributed by atoms with Gasteiger partial charge in [0, 0.05) is 28.9 Å². The van der Waals surface area contributed by atoms with Gasteiger partial charge in [-0.2, -0.15) is 13.2 Å². The fraction of sp³-hybridized carbons (Fsp3) is 0.562. The van der Waals surface area contributed by atoms with Crippen molar-refractivity contribution < 1.29 is 27.4 Å². The number of fused-ring (bicyclic) bond motifs is 2. The van der Waals surface area contributed by atoms with Gasteiger partial charge in [0.25, 0.3) is 0 Å². The first-order valence-electron chi connectivity index (χ1n) is 7.65. The summed E-state index contributed by atoms with van der Waals surface area (Å²) in [4.78, 5) is 13.1. The number of piperidine rings is 1. The molecule has 24 heavy (non-hydrogen) atoms. The zero-order valence-electron chi connectivity index (χ0n) is 13.0. The van der Waals surface area contributed by atoms with Crippen molar-refractivity contribution in [1.29, 1.82) is 0 Å². The number of esters is 1. The average Bonchev–Trinajstić information content (AvgIpc) is 2.69. The number of rotatable bonds is 3. The summed E-state index contributed by atoms with van der Waals surface area (Å²) in [6.07, 6.45) is -3.26. The quantitative estimate of drug-likeness (QED) is 0.515. The molecule has 0 spiro atoms. The molecule has 2 fully saturated rings. The summed E-state index contributed by atoms with van der Waals surface area (Å²) in [7, 11) is 1.71. The van der Waals surface area contributed by atoms with Crippen LogP contribution in [-0.4, -0.2) is 42.0 Å². The van der Waals surface area contributed by atoms with Gasteiger partial charge in [-0.1, -0.05) is 0 Å². The van der Waals surface area contributed by atoms with E-state index in [0.29, 0.717) is 25.0 Å². The van der Waals surface area contributed by atoms with Crippen LogP contribution in [0, 0.1) is 3.57 Å². The van der Waals surface area contributed by atoms with Gasteiger partial charge in [0.15, 0.2) is 5.72 Å². The maximum absolute atomic E-state index is 12.6. The Morgan fingerprint density at radius 3 is 2.62 bits per heavy atom. The smallest absolute Gasteiger partial charge is 0.490 e. The molecule has 8 heteroatoms. The zero-order chi connectivity index (χ0) is 17.5. The molecule has 2 heterocycles. The highest BCUT2D eigenvalue weighted by atomic mass is 127. The van der Waals surface area contributed by atoms with E-state index in [1.807, 2.05) is 24.3 Å². The van der Waals surface area contributed by atoms with Crippen molar-refractivity contribution in [2.45, 2.75) is 49.7 Å². The molecule has 2 saturated heterocycles. The summed E-state index contributed by atoms with van der Waals surface area (Å²) < 4.78 is 49.7. The van der Waals surface area contributed by atoms with Crippen molar-refractivity contribution >= 4 is 28.6 Å². The van der Waals surface area contributed by atoms with E-state index in [-0.39, 0.29) is 18.6 Å². The van der Waals surface area contributed by atoms with E-state index in [0.717, 1.165) is 3.57 Å². The largest absolute Gasteiger partial charge is 0.490 e. The number of hydrogen-bond donors (Lipinski definition) is 0. The number of halogens is 4. The van der Waals surface area contributed by atoms with Crippen LogP contribution < -0.4 is 4.74 Å². The summed E-state index contributed by atoms with van der Waals surface area (Å²) in [6.45, 7) is 0. The predicted octanol–water partition coefficient (Wildman–Crippen LogP) is 3.73. The molecule has 3 atom stereocenters. The van der Waals surface area contributed by atoms with Crippen LogP contribution in [0.4, 0.5) is 13.2 Å². The van der Waals surface area contributed by atoms with E-state index in [2.05, 4.69) is 22.6 Å². The Kier molecular flexibility index (Phi) is 4.71. The molecule has 0 aliphatic carbocycles. The molecule has 2 aliphatic heterocycles. The topological polar surface area (TPSA) is 38.8 Å². The number of alkyl halides is 3. The number of benzene rings is 1. The van der Waals surface area contributed by atoms with Crippen LogP contribution in [-0.2, 0) is 9.53 Å². The second-order valence-electron chi connectivity index (χ2n) is 6.27. The van der Waals surface area contributed by atoms with Crippen molar-refractivity contribution in [3.8, 4) is 5.75 Å². The molecule has 2 aliphatic rings. The van der Waals surface area contributed by atoms with Crippen LogP contribution >= 0.6 is 22.6 Å². The van der Waals surface area contributed by atoms with Gasteiger partial charge in [-0.15, -0.1) is 0 Å². The number of carbonyl (C=O) groups excluding carboxylic acids is 1. The van der Waals surface area contributed by atoms with Gasteiger partial charge in [-0.05, 0) is 60.3 Å². The molecule has 3 rings (SSSR count). The highest BCUT2D eigenvalue weighted by molar-refractivity contribution is 14.1. The predicted molar refractivity (Wildman–Crippen MR) is 88.5 cm³/mol. The van der Waals surface area contributed by atoms with Crippen LogP contribution in [0.15, 0.2) is 24.3 Å². The van der Waals surface area contributed by atoms with E-state index in [1.54, 1.807) is 11.9 Å². The molecule has 4 nitrogen and oxygen atoms in total. The van der Waals surface area contributed by atoms with Gasteiger partial charge >= 0.3 is 12.1 Å². The number of nitrogens with zero attached hydrogens (tertiary/aromatic N) is 1. The van der Waals surface area contributed by atoms with Crippen LogP contribution in [0.25, 0.3) is 0 Å². The van der Waals surface area contributed by atoms with Crippen molar-refractivity contribution in [2.75, 3.05) is 7.05 Å². The summed E-state index contributed by atoms with van der Waals surface area (Å²) in [5.74, 6) is -1.47. The minimum Gasteiger partial charge on any atom is -0.490 e. The van der Waals surface area contributed by atoms with Gasteiger partial charge in [-0.3, -0.25) is 4.90 Å². The molecule has 0 saturated carbocycles. The monoisotopic (exact) mass is 455 g/mol. The van der Waals surface area contributed by atoms with Crippen LogP contribution in [0.3, 0.4) is 0 Å². The average molecular weight is 455 g/mol. The Morgan fingerprint density at radius 2 is 2.00 bits per heavy atom. The minimum absolute atomic E-state index is 0.0497. The lowest BCUT2D eigenvalue weighted by molar-refractivity contribution is -0.235. The molecular weight excluding hydrogens is 438 g/mol. The van der Waals surface area contributed by atoms with Crippen LogP contribution in [0.1, 0.15) is 25.7 Å². The van der Waals surface area contributed by atoms with Crippen LogP contribution in [0.5, 0.6) is 5.75 Å². The highest BCUT2D eigenvalue weighted by Gasteiger charge is 2.56. The molecule has 132 valence electrons. The lowest BCUT2D eigenvalue weighted by Crippen LogP contribution is -2.56. The minimum atomic E-state index is -4.99. The van der Waals surface area contributed by atoms with Crippen molar-refractivity contribution in [3.05, 3.63) is 27.8 Å². The Hall–Kier alpha value is -1.03. The maximum Gasteiger partial charge on any atom is 0.490 e. The molecule has 2 bridgehead atoms. The lowest BCUT2D eigenvalue weighted by atomic mass is 9.97. The Labute approximate surface area is 151 Å². The lowest BCUT2D eigenvalue weighted by Gasteiger charge is -2.44. The Balaban J connectivity index is 1.74. The molecule has 0 radical (unpaired) electrons. The van der Waals surface area contributed by atoms with Gasteiger partial charge in [0.05, 0.1) is 0 Å². The molecule has 0 N–H and O–H groups in total.